The summed E-state index contributed by atoms with van der Waals surface area (Å²) < 4.78 is 5.11. The van der Waals surface area contributed by atoms with Crippen molar-refractivity contribution in [1.29, 1.82) is 0 Å². The van der Waals surface area contributed by atoms with E-state index in [1.807, 2.05) is 24.3 Å². The van der Waals surface area contributed by atoms with Gasteiger partial charge < -0.3 is 4.42 Å². The predicted molar refractivity (Wildman–Crippen MR) is 109 cm³/mol. The van der Waals surface area contributed by atoms with Gasteiger partial charge in [0.25, 0.3) is 0 Å². The largest absolute Gasteiger partial charge is 0.417 e. The van der Waals surface area contributed by atoms with Crippen LogP contribution in [-0.4, -0.2) is 4.98 Å². The van der Waals surface area contributed by atoms with Gasteiger partial charge in [-0.3, -0.25) is 4.98 Å². The van der Waals surface area contributed by atoms with Crippen LogP contribution >= 0.6 is 11.6 Å². The van der Waals surface area contributed by atoms with E-state index in [9.17, 15) is 4.79 Å². The maximum atomic E-state index is 11.5. The average Bonchev–Trinajstić information content (AvgIpc) is 2.98. The molecule has 4 heteroatoms. The summed E-state index contributed by atoms with van der Waals surface area (Å²) >= 11 is 6.98. The highest BCUT2D eigenvalue weighted by molar-refractivity contribution is 6.53. The molecule has 3 aromatic carbocycles. The standard InChI is InChI=1S/C23H16ClNO2/c24-22(16-11-12-20-19(13-16)25-23(26)27-20)21-17-7-3-1-5-14(17)9-10-15-6-2-4-8-18(15)21/h1-8,11-13H,9-10H2,(H,25,26). The maximum Gasteiger partial charge on any atom is 0.417 e. The van der Waals surface area contributed by atoms with Crippen molar-refractivity contribution in [3.8, 4) is 0 Å². The molecule has 0 saturated carbocycles. The van der Waals surface area contributed by atoms with Crippen LogP contribution in [0.15, 0.2) is 75.9 Å². The van der Waals surface area contributed by atoms with Gasteiger partial charge >= 0.3 is 5.76 Å². The highest BCUT2D eigenvalue weighted by atomic mass is 35.5. The number of aromatic amines is 1. The monoisotopic (exact) mass is 373 g/mol. The number of hydrogen-bond acceptors (Lipinski definition) is 2. The maximum absolute atomic E-state index is 11.5. The fourth-order valence-electron chi connectivity index (χ4n) is 3.85. The van der Waals surface area contributed by atoms with Crippen molar-refractivity contribution in [2.24, 2.45) is 0 Å². The van der Waals surface area contributed by atoms with Crippen LogP contribution in [0.25, 0.3) is 21.7 Å². The topological polar surface area (TPSA) is 46.0 Å². The summed E-state index contributed by atoms with van der Waals surface area (Å²) in [5.74, 6) is -0.462. The lowest BCUT2D eigenvalue weighted by Gasteiger charge is -2.15. The van der Waals surface area contributed by atoms with Gasteiger partial charge in [0.1, 0.15) is 0 Å². The zero-order valence-electron chi connectivity index (χ0n) is 14.5. The summed E-state index contributed by atoms with van der Waals surface area (Å²) in [6.07, 6.45) is 1.96. The Hall–Kier alpha value is -3.04. The first kappa shape index (κ1) is 16.2. The second-order valence-electron chi connectivity index (χ2n) is 6.73. The van der Waals surface area contributed by atoms with Crippen molar-refractivity contribution in [3.05, 3.63) is 105 Å². The summed E-state index contributed by atoms with van der Waals surface area (Å²) in [7, 11) is 0. The summed E-state index contributed by atoms with van der Waals surface area (Å²) in [5.41, 5.74) is 7.96. The molecule has 3 nitrogen and oxygen atoms in total. The molecule has 1 aliphatic rings. The van der Waals surface area contributed by atoms with Crippen LogP contribution in [0.4, 0.5) is 0 Å². The second kappa shape index (κ2) is 6.29. The van der Waals surface area contributed by atoms with Crippen LogP contribution in [0.1, 0.15) is 27.8 Å². The summed E-state index contributed by atoms with van der Waals surface area (Å²) in [6, 6.07) is 22.4. The number of aromatic nitrogens is 1. The second-order valence-corrected chi connectivity index (χ2v) is 7.11. The molecule has 5 rings (SSSR count). The van der Waals surface area contributed by atoms with E-state index in [1.54, 1.807) is 6.07 Å². The molecular weight excluding hydrogens is 358 g/mol. The van der Waals surface area contributed by atoms with Gasteiger partial charge in [-0.05, 0) is 58.9 Å². The van der Waals surface area contributed by atoms with E-state index in [0.717, 1.165) is 35.1 Å². The minimum Gasteiger partial charge on any atom is -0.408 e. The molecule has 27 heavy (non-hydrogen) atoms. The van der Waals surface area contributed by atoms with Crippen molar-refractivity contribution in [2.45, 2.75) is 12.8 Å². The molecule has 0 fully saturated rings. The van der Waals surface area contributed by atoms with Gasteiger partial charge in [0.2, 0.25) is 0 Å². The van der Waals surface area contributed by atoms with Gasteiger partial charge in [0.15, 0.2) is 5.58 Å². The van der Waals surface area contributed by atoms with E-state index in [0.29, 0.717) is 16.1 Å². The SMILES string of the molecule is O=c1[nH]c2cc(C(Cl)=C3c4ccccc4CCc4ccccc43)ccc2o1. The Morgan fingerprint density at radius 3 is 2.19 bits per heavy atom. The van der Waals surface area contributed by atoms with E-state index in [1.165, 1.54) is 11.1 Å². The summed E-state index contributed by atoms with van der Waals surface area (Å²) in [5, 5.41) is 0.667. The molecule has 0 atom stereocenters. The normalized spacial score (nSPS) is 13.1. The van der Waals surface area contributed by atoms with Crippen LogP contribution in [0.3, 0.4) is 0 Å². The van der Waals surface area contributed by atoms with Crippen LogP contribution < -0.4 is 5.76 Å². The number of hydrogen-bond donors (Lipinski definition) is 1. The number of fused-ring (bicyclic) bond motifs is 3. The fourth-order valence-corrected chi connectivity index (χ4v) is 4.17. The molecule has 1 N–H and O–H groups in total. The van der Waals surface area contributed by atoms with E-state index in [-0.39, 0.29) is 0 Å². The Balaban J connectivity index is 1.82. The van der Waals surface area contributed by atoms with E-state index in [4.69, 9.17) is 16.0 Å². The number of rotatable bonds is 1. The molecule has 0 spiro atoms. The quantitative estimate of drug-likeness (QED) is 0.487. The number of nitrogens with one attached hydrogen (secondary N) is 1. The van der Waals surface area contributed by atoms with Crippen molar-refractivity contribution < 1.29 is 4.42 Å². The molecule has 0 bridgehead atoms. The van der Waals surface area contributed by atoms with Crippen LogP contribution in [-0.2, 0) is 12.8 Å². The highest BCUT2D eigenvalue weighted by Gasteiger charge is 2.21. The Morgan fingerprint density at radius 2 is 1.52 bits per heavy atom. The summed E-state index contributed by atoms with van der Waals surface area (Å²) in [4.78, 5) is 14.2. The molecule has 0 radical (unpaired) electrons. The van der Waals surface area contributed by atoms with Crippen molar-refractivity contribution in [1.82, 2.24) is 4.98 Å². The molecule has 0 saturated heterocycles. The average molecular weight is 374 g/mol. The van der Waals surface area contributed by atoms with Gasteiger partial charge in [-0.2, -0.15) is 0 Å². The Labute approximate surface area is 160 Å². The lowest BCUT2D eigenvalue weighted by Crippen LogP contribution is -1.95. The number of benzene rings is 3. The third kappa shape index (κ3) is 2.71. The van der Waals surface area contributed by atoms with Gasteiger partial charge in [-0.1, -0.05) is 60.1 Å². The lowest BCUT2D eigenvalue weighted by molar-refractivity contribution is 0.555. The van der Waals surface area contributed by atoms with E-state index >= 15 is 0 Å². The zero-order chi connectivity index (χ0) is 18.4. The lowest BCUT2D eigenvalue weighted by atomic mass is 9.92. The molecule has 1 aliphatic carbocycles. The number of halogens is 1. The molecule has 132 valence electrons. The van der Waals surface area contributed by atoms with Gasteiger partial charge in [-0.15, -0.1) is 0 Å². The third-order valence-corrected chi connectivity index (χ3v) is 5.54. The Kier molecular flexibility index (Phi) is 3.76. The van der Waals surface area contributed by atoms with E-state index < -0.39 is 5.76 Å². The van der Waals surface area contributed by atoms with Crippen LogP contribution in [0.2, 0.25) is 0 Å². The minimum atomic E-state index is -0.462. The molecule has 1 heterocycles. The molecule has 0 amide bonds. The molecule has 0 unspecified atom stereocenters. The number of oxazole rings is 1. The summed E-state index contributed by atoms with van der Waals surface area (Å²) in [6.45, 7) is 0. The molecule has 1 aromatic heterocycles. The Morgan fingerprint density at radius 1 is 0.889 bits per heavy atom. The highest BCUT2D eigenvalue weighted by Crippen LogP contribution is 2.40. The zero-order valence-corrected chi connectivity index (χ0v) is 15.2. The van der Waals surface area contributed by atoms with Gasteiger partial charge in [-0.25, -0.2) is 4.79 Å². The van der Waals surface area contributed by atoms with Crippen LogP contribution in [0, 0.1) is 0 Å². The van der Waals surface area contributed by atoms with Crippen LogP contribution in [0.5, 0.6) is 0 Å². The predicted octanol–water partition coefficient (Wildman–Crippen LogP) is 5.38. The molecule has 4 aromatic rings. The Bertz CT molecular complexity index is 1210. The number of aryl methyl sites for hydroxylation is 2. The van der Waals surface area contributed by atoms with E-state index in [2.05, 4.69) is 41.4 Å². The molecule has 0 aliphatic heterocycles. The number of H-pyrrole nitrogens is 1. The third-order valence-electron chi connectivity index (χ3n) is 5.13. The fraction of sp³-hybridized carbons (Fsp3) is 0.0870. The minimum absolute atomic E-state index is 0.462. The first-order valence-electron chi connectivity index (χ1n) is 8.90. The first-order chi connectivity index (χ1) is 13.2. The first-order valence-corrected chi connectivity index (χ1v) is 9.28. The molecular formula is C23H16ClNO2. The van der Waals surface area contributed by atoms with Crippen molar-refractivity contribution >= 4 is 33.3 Å². The van der Waals surface area contributed by atoms with Gasteiger partial charge in [0.05, 0.1) is 10.5 Å². The smallest absolute Gasteiger partial charge is 0.408 e. The van der Waals surface area contributed by atoms with Gasteiger partial charge in [0, 0.05) is 5.57 Å². The van der Waals surface area contributed by atoms with Crippen molar-refractivity contribution in [2.75, 3.05) is 0 Å². The van der Waals surface area contributed by atoms with Crippen molar-refractivity contribution in [3.63, 3.8) is 0 Å².